The third-order valence-electron chi connectivity index (χ3n) is 5.92. The lowest BCUT2D eigenvalue weighted by atomic mass is 10.2. The first-order chi connectivity index (χ1) is 19.2. The quantitative estimate of drug-likeness (QED) is 0.0747. The molecule has 0 bridgehead atoms. The highest BCUT2D eigenvalue weighted by atomic mass is 32.3. The summed E-state index contributed by atoms with van der Waals surface area (Å²) in [6.45, 7) is 1.72. The average molecular weight is 669 g/mol. The van der Waals surface area contributed by atoms with Crippen molar-refractivity contribution in [3.63, 3.8) is 0 Å². The number of hydrogen-bond acceptors (Lipinski definition) is 9. The molecular formula is C28H28O7S6. The fourth-order valence-electron chi connectivity index (χ4n) is 3.71. The van der Waals surface area contributed by atoms with E-state index in [1.54, 1.807) is 24.8 Å². The van der Waals surface area contributed by atoms with Gasteiger partial charge in [0.2, 0.25) is 9.84 Å². The van der Waals surface area contributed by atoms with Crippen LogP contribution in [0.1, 0.15) is 5.56 Å². The van der Waals surface area contributed by atoms with Gasteiger partial charge in [-0.3, -0.25) is 4.55 Å². The average Bonchev–Trinajstić information content (AvgIpc) is 2.90. The van der Waals surface area contributed by atoms with Gasteiger partial charge in [-0.1, -0.05) is 29.6 Å². The first kappa shape index (κ1) is 32.0. The highest BCUT2D eigenvalue weighted by Gasteiger charge is 2.24. The van der Waals surface area contributed by atoms with Crippen LogP contribution in [-0.2, 0) is 24.3 Å². The maximum atomic E-state index is 13.3. The van der Waals surface area contributed by atoms with Crippen molar-refractivity contribution < 1.29 is 31.0 Å². The lowest BCUT2D eigenvalue weighted by Crippen LogP contribution is -2.06. The molecule has 2 N–H and O–H groups in total. The molecule has 0 fully saturated rings. The smallest absolute Gasteiger partial charge is 0.282 e. The molecule has 0 atom stereocenters. The van der Waals surface area contributed by atoms with Gasteiger partial charge in [-0.2, -0.15) is 12.8 Å². The number of hydrogen-bond donors (Lipinski definition) is 2. The van der Waals surface area contributed by atoms with Crippen molar-refractivity contribution in [1.29, 1.82) is 0 Å². The molecule has 4 aromatic carbocycles. The van der Waals surface area contributed by atoms with Crippen LogP contribution in [0.4, 0.5) is 0 Å². The zero-order chi connectivity index (χ0) is 30.0. The Morgan fingerprint density at radius 2 is 1.12 bits per heavy atom. The molecule has 0 unspecified atom stereocenters. The van der Waals surface area contributed by atoms with E-state index in [4.69, 9.17) is 5.26 Å². The summed E-state index contributed by atoms with van der Waals surface area (Å²) in [5.74, 6) is 0. The first-order valence-electron chi connectivity index (χ1n) is 11.9. The predicted molar refractivity (Wildman–Crippen MR) is 167 cm³/mol. The van der Waals surface area contributed by atoms with Gasteiger partial charge in [0.05, 0.1) is 21.8 Å². The van der Waals surface area contributed by atoms with Crippen molar-refractivity contribution in [2.24, 2.45) is 0 Å². The number of benzene rings is 4. The van der Waals surface area contributed by atoms with Crippen LogP contribution in [0.3, 0.4) is 0 Å². The summed E-state index contributed by atoms with van der Waals surface area (Å²) in [6.07, 6.45) is 6.75. The molecule has 0 amide bonds. The van der Waals surface area contributed by atoms with Gasteiger partial charge in [0, 0.05) is 24.5 Å². The Morgan fingerprint density at radius 1 is 0.634 bits per heavy atom. The molecular weight excluding hydrogens is 641 g/mol. The molecule has 0 radical (unpaired) electrons. The van der Waals surface area contributed by atoms with Crippen LogP contribution in [0.2, 0.25) is 0 Å². The summed E-state index contributed by atoms with van der Waals surface area (Å²) in [5.41, 5.74) is 0.678. The molecule has 0 aliphatic rings. The highest BCUT2D eigenvalue weighted by molar-refractivity contribution is 8.32. The topological polar surface area (TPSA) is 118 Å². The number of rotatable bonds is 10. The minimum atomic E-state index is -4.75. The predicted octanol–water partition coefficient (Wildman–Crippen LogP) is 7.93. The van der Waals surface area contributed by atoms with Crippen molar-refractivity contribution in [1.82, 2.24) is 0 Å². The van der Waals surface area contributed by atoms with Crippen molar-refractivity contribution >= 4 is 65.5 Å². The summed E-state index contributed by atoms with van der Waals surface area (Å²) >= 11 is 3.30. The summed E-state index contributed by atoms with van der Waals surface area (Å²) in [7, 11) is -9.69. The monoisotopic (exact) mass is 668 g/mol. The Bertz CT molecular complexity index is 1760. The second kappa shape index (κ2) is 12.7. The zero-order valence-corrected chi connectivity index (χ0v) is 27.4. The van der Waals surface area contributed by atoms with Crippen LogP contribution < -0.4 is 0 Å². The maximum Gasteiger partial charge on any atom is 0.295 e. The lowest BCUT2D eigenvalue weighted by Gasteiger charge is -2.25. The number of sulfone groups is 1. The summed E-state index contributed by atoms with van der Waals surface area (Å²) < 4.78 is 65.2. The Morgan fingerprint density at radius 3 is 1.66 bits per heavy atom. The van der Waals surface area contributed by atoms with Gasteiger partial charge < -0.3 is 0 Å². The third-order valence-corrected chi connectivity index (χ3v) is 13.2. The number of aryl methyl sites for hydroxylation is 1. The van der Waals surface area contributed by atoms with Crippen LogP contribution >= 0.6 is 45.6 Å². The normalized spacial score (nSPS) is 12.8. The summed E-state index contributed by atoms with van der Waals surface area (Å²) in [5, 5.41) is 8.76. The van der Waals surface area contributed by atoms with Gasteiger partial charge in [-0.25, -0.2) is 23.7 Å². The van der Waals surface area contributed by atoms with Gasteiger partial charge >= 0.3 is 0 Å². The van der Waals surface area contributed by atoms with Gasteiger partial charge in [-0.15, -0.1) is 0 Å². The molecule has 4 aromatic rings. The molecule has 0 spiro atoms. The van der Waals surface area contributed by atoms with Gasteiger partial charge in [-0.05, 0) is 115 Å². The molecule has 0 heterocycles. The standard InChI is InChI=1S/C28H28O7S6/c1-19-5-12-24(17-27(19)38-35-29)40(30,31)25-15-16-26(28(18-25)41(32,33)34)37-22-8-6-20(7-9-22)36-21-10-13-23(14-11-21)39(2,3)4/h5-18,29H,1-4H3,(H,32,33,34). The molecule has 0 aromatic heterocycles. The van der Waals surface area contributed by atoms with E-state index >= 15 is 0 Å². The minimum Gasteiger partial charge on any atom is -0.282 e. The molecule has 4 rings (SSSR count). The van der Waals surface area contributed by atoms with E-state index in [1.807, 2.05) is 24.3 Å². The molecule has 0 saturated carbocycles. The largest absolute Gasteiger partial charge is 0.295 e. The molecule has 218 valence electrons. The Labute approximate surface area is 255 Å². The lowest BCUT2D eigenvalue weighted by molar-refractivity contribution is -0.116. The van der Waals surface area contributed by atoms with E-state index in [0.717, 1.165) is 27.6 Å². The molecule has 0 aliphatic heterocycles. The van der Waals surface area contributed by atoms with Crippen molar-refractivity contribution in [3.8, 4) is 0 Å². The van der Waals surface area contributed by atoms with E-state index in [-0.39, 0.29) is 14.7 Å². The molecule has 0 aliphatic carbocycles. The van der Waals surface area contributed by atoms with Crippen molar-refractivity contribution in [2.45, 2.75) is 51.0 Å². The highest BCUT2D eigenvalue weighted by Crippen LogP contribution is 2.45. The van der Waals surface area contributed by atoms with E-state index < -0.39 is 34.9 Å². The third kappa shape index (κ3) is 7.92. The van der Waals surface area contributed by atoms with Gasteiger partial charge in [0.15, 0.2) is 0 Å². The van der Waals surface area contributed by atoms with E-state index in [2.05, 4.69) is 47.4 Å². The molecule has 13 heteroatoms. The van der Waals surface area contributed by atoms with Crippen LogP contribution in [0, 0.1) is 6.92 Å². The van der Waals surface area contributed by atoms with Gasteiger partial charge in [0.25, 0.3) is 10.1 Å². The zero-order valence-electron chi connectivity index (χ0n) is 22.5. The summed E-state index contributed by atoms with van der Waals surface area (Å²) in [6, 6.07) is 23.9. The fraction of sp³-hybridized carbons (Fsp3) is 0.143. The van der Waals surface area contributed by atoms with Crippen molar-refractivity contribution in [3.05, 3.63) is 90.5 Å². The van der Waals surface area contributed by atoms with E-state index in [0.29, 0.717) is 27.4 Å². The fourth-order valence-corrected chi connectivity index (χ4v) is 9.26. The Kier molecular flexibility index (Phi) is 9.94. The van der Waals surface area contributed by atoms with Crippen molar-refractivity contribution in [2.75, 3.05) is 18.8 Å². The van der Waals surface area contributed by atoms with Crippen LogP contribution in [0.15, 0.2) is 129 Å². The van der Waals surface area contributed by atoms with Crippen LogP contribution in [-0.4, -0.2) is 45.4 Å². The molecule has 7 nitrogen and oxygen atoms in total. The first-order valence-corrected chi connectivity index (χ1v) is 20.0. The summed E-state index contributed by atoms with van der Waals surface area (Å²) in [4.78, 5) is 3.78. The van der Waals surface area contributed by atoms with E-state index in [1.165, 1.54) is 29.2 Å². The van der Waals surface area contributed by atoms with Gasteiger partial charge in [0.1, 0.15) is 4.90 Å². The Hall–Kier alpha value is -1.94. The molecule has 0 saturated heterocycles. The van der Waals surface area contributed by atoms with Crippen LogP contribution in [0.5, 0.6) is 0 Å². The Balaban J connectivity index is 1.58. The SMILES string of the molecule is Cc1ccc(S(=O)(=O)c2ccc(Sc3ccc(Sc4ccc(S(C)(C)C)cc4)cc3)c(S(=O)(=O)O)c2)cc1SOO. The van der Waals surface area contributed by atoms with E-state index in [9.17, 15) is 21.4 Å². The minimum absolute atomic E-state index is 0.119. The molecule has 41 heavy (non-hydrogen) atoms. The second-order valence-electron chi connectivity index (χ2n) is 9.66. The second-order valence-corrected chi connectivity index (χ2v) is 20.2. The van der Waals surface area contributed by atoms with Crippen LogP contribution in [0.25, 0.3) is 0 Å². The maximum absolute atomic E-state index is 13.3.